The Morgan fingerprint density at radius 2 is 1.67 bits per heavy atom. The number of para-hydroxylation sites is 2. The molecule has 0 aliphatic carbocycles. The van der Waals surface area contributed by atoms with E-state index in [0.717, 1.165) is 48.8 Å². The molecule has 1 aromatic heterocycles. The Morgan fingerprint density at radius 1 is 0.867 bits per heavy atom. The normalized spacial score (nSPS) is 11.1. The predicted molar refractivity (Wildman–Crippen MR) is 126 cm³/mol. The molecule has 3 nitrogen and oxygen atoms in total. The minimum Gasteiger partial charge on any atom is -0.494 e. The van der Waals surface area contributed by atoms with Crippen LogP contribution in [0.25, 0.3) is 11.0 Å². The molecule has 0 fully saturated rings. The lowest BCUT2D eigenvalue weighted by molar-refractivity contribution is 0.303. The quantitative estimate of drug-likeness (QED) is 0.222. The molecule has 0 amide bonds. The van der Waals surface area contributed by atoms with Crippen LogP contribution >= 0.6 is 11.8 Å². The summed E-state index contributed by atoms with van der Waals surface area (Å²) in [6, 6.07) is 25.3. The number of ether oxygens (including phenoxy) is 1. The number of fused-ring (bicyclic) bond motifs is 1. The number of aromatic nitrogens is 2. The van der Waals surface area contributed by atoms with Gasteiger partial charge in [-0.3, -0.25) is 0 Å². The van der Waals surface area contributed by atoms with E-state index >= 15 is 0 Å². The number of hydrogen-bond donors (Lipinski definition) is 0. The zero-order chi connectivity index (χ0) is 20.8. The number of thioether (sulfide) groups is 1. The summed E-state index contributed by atoms with van der Waals surface area (Å²) >= 11 is 1.84. The monoisotopic (exact) mass is 416 g/mol. The molecule has 0 bridgehead atoms. The zero-order valence-electron chi connectivity index (χ0n) is 17.7. The third-order valence-corrected chi connectivity index (χ3v) is 6.38. The van der Waals surface area contributed by atoms with Gasteiger partial charge in [0.2, 0.25) is 0 Å². The van der Waals surface area contributed by atoms with Gasteiger partial charge < -0.3 is 9.30 Å². The van der Waals surface area contributed by atoms with Crippen molar-refractivity contribution < 1.29 is 4.74 Å². The SMILES string of the molecule is Cc1ccc(OCCCCn2c(CSc3ccccc3)nc3ccccc32)cc1C. The molecule has 30 heavy (non-hydrogen) atoms. The summed E-state index contributed by atoms with van der Waals surface area (Å²) < 4.78 is 8.33. The molecule has 0 atom stereocenters. The van der Waals surface area contributed by atoms with E-state index in [0.29, 0.717) is 0 Å². The van der Waals surface area contributed by atoms with E-state index in [2.05, 4.69) is 91.2 Å². The van der Waals surface area contributed by atoms with Gasteiger partial charge >= 0.3 is 0 Å². The maximum atomic E-state index is 5.96. The van der Waals surface area contributed by atoms with E-state index in [4.69, 9.17) is 9.72 Å². The fourth-order valence-electron chi connectivity index (χ4n) is 3.52. The average Bonchev–Trinajstić information content (AvgIpc) is 3.13. The first-order valence-electron chi connectivity index (χ1n) is 10.5. The number of hydrogen-bond acceptors (Lipinski definition) is 3. The number of rotatable bonds is 9. The predicted octanol–water partition coefficient (Wildman–Crippen LogP) is 6.80. The van der Waals surface area contributed by atoms with Crippen LogP contribution in [0.15, 0.2) is 77.7 Å². The first-order chi connectivity index (χ1) is 14.7. The summed E-state index contributed by atoms with van der Waals surface area (Å²) in [7, 11) is 0. The third kappa shape index (κ3) is 5.06. The van der Waals surface area contributed by atoms with E-state index in [1.807, 2.05) is 11.8 Å². The molecule has 0 aliphatic rings. The van der Waals surface area contributed by atoms with Crippen LogP contribution in [-0.4, -0.2) is 16.2 Å². The van der Waals surface area contributed by atoms with Crippen molar-refractivity contribution in [3.05, 3.63) is 89.7 Å². The summed E-state index contributed by atoms with van der Waals surface area (Å²) in [6.07, 6.45) is 2.08. The maximum Gasteiger partial charge on any atom is 0.120 e. The fourth-order valence-corrected chi connectivity index (χ4v) is 4.38. The van der Waals surface area contributed by atoms with Gasteiger partial charge in [0.1, 0.15) is 11.6 Å². The third-order valence-electron chi connectivity index (χ3n) is 5.37. The van der Waals surface area contributed by atoms with E-state index in [9.17, 15) is 0 Å². The van der Waals surface area contributed by atoms with Crippen molar-refractivity contribution in [2.24, 2.45) is 0 Å². The Kier molecular flexibility index (Phi) is 6.75. The standard InChI is InChI=1S/C26H28N2OS/c1-20-14-15-22(18-21(20)2)29-17-9-8-16-28-25-13-7-6-12-24(25)27-26(28)19-30-23-10-4-3-5-11-23/h3-7,10-15,18H,8-9,16-17,19H2,1-2H3. The van der Waals surface area contributed by atoms with Gasteiger partial charge in [0.05, 0.1) is 23.4 Å². The average molecular weight is 417 g/mol. The second-order valence-electron chi connectivity index (χ2n) is 7.57. The Labute approximate surface area is 183 Å². The van der Waals surface area contributed by atoms with E-state index in [-0.39, 0.29) is 0 Å². The van der Waals surface area contributed by atoms with Crippen LogP contribution in [0.3, 0.4) is 0 Å². The van der Waals surface area contributed by atoms with E-state index in [1.165, 1.54) is 21.5 Å². The van der Waals surface area contributed by atoms with Gasteiger partial charge in [0.25, 0.3) is 0 Å². The molecule has 0 spiro atoms. The van der Waals surface area contributed by atoms with E-state index < -0.39 is 0 Å². The van der Waals surface area contributed by atoms with Crippen LogP contribution in [0, 0.1) is 13.8 Å². The molecule has 0 saturated carbocycles. The van der Waals surface area contributed by atoms with Crippen molar-refractivity contribution in [2.45, 2.75) is 43.9 Å². The van der Waals surface area contributed by atoms with Gasteiger partial charge in [-0.2, -0.15) is 0 Å². The largest absolute Gasteiger partial charge is 0.494 e. The number of nitrogens with zero attached hydrogens (tertiary/aromatic N) is 2. The molecular weight excluding hydrogens is 388 g/mol. The van der Waals surface area contributed by atoms with Gasteiger partial charge in [-0.15, -0.1) is 11.8 Å². The topological polar surface area (TPSA) is 27.1 Å². The van der Waals surface area contributed by atoms with Gasteiger partial charge in [-0.25, -0.2) is 4.98 Å². The highest BCUT2D eigenvalue weighted by Gasteiger charge is 2.10. The molecule has 4 aromatic rings. The first kappa shape index (κ1) is 20.5. The molecule has 4 heteroatoms. The second-order valence-corrected chi connectivity index (χ2v) is 8.62. The fraction of sp³-hybridized carbons (Fsp3) is 0.269. The van der Waals surface area contributed by atoms with Crippen LogP contribution in [-0.2, 0) is 12.3 Å². The minimum absolute atomic E-state index is 0.739. The highest BCUT2D eigenvalue weighted by Crippen LogP contribution is 2.25. The number of benzene rings is 3. The molecule has 154 valence electrons. The lowest BCUT2D eigenvalue weighted by Gasteiger charge is -2.11. The number of imidazole rings is 1. The van der Waals surface area contributed by atoms with Gasteiger partial charge in [0.15, 0.2) is 0 Å². The van der Waals surface area contributed by atoms with Crippen molar-refractivity contribution in [2.75, 3.05) is 6.61 Å². The van der Waals surface area contributed by atoms with Crippen LogP contribution in [0.4, 0.5) is 0 Å². The summed E-state index contributed by atoms with van der Waals surface area (Å²) in [4.78, 5) is 6.18. The highest BCUT2D eigenvalue weighted by atomic mass is 32.2. The zero-order valence-corrected chi connectivity index (χ0v) is 18.5. The first-order valence-corrected chi connectivity index (χ1v) is 11.5. The molecule has 3 aromatic carbocycles. The molecule has 4 rings (SSSR count). The lowest BCUT2D eigenvalue weighted by atomic mass is 10.1. The molecule has 0 saturated heterocycles. The summed E-state index contributed by atoms with van der Waals surface area (Å²) in [6.45, 7) is 5.95. The second kappa shape index (κ2) is 9.86. The Morgan fingerprint density at radius 3 is 2.50 bits per heavy atom. The smallest absolute Gasteiger partial charge is 0.120 e. The molecule has 0 N–H and O–H groups in total. The van der Waals surface area contributed by atoms with Gasteiger partial charge in [-0.1, -0.05) is 36.4 Å². The van der Waals surface area contributed by atoms with Crippen LogP contribution < -0.4 is 4.74 Å². The van der Waals surface area contributed by atoms with Gasteiger partial charge in [0, 0.05) is 11.4 Å². The van der Waals surface area contributed by atoms with Crippen molar-refractivity contribution >= 4 is 22.8 Å². The summed E-state index contributed by atoms with van der Waals surface area (Å²) in [5.41, 5.74) is 4.87. The Bertz CT molecular complexity index is 1100. The molecule has 0 aliphatic heterocycles. The van der Waals surface area contributed by atoms with Crippen LogP contribution in [0.1, 0.15) is 29.8 Å². The van der Waals surface area contributed by atoms with Crippen molar-refractivity contribution in [1.29, 1.82) is 0 Å². The minimum atomic E-state index is 0.739. The Hall–Kier alpha value is -2.72. The summed E-state index contributed by atoms with van der Waals surface area (Å²) in [5.74, 6) is 2.98. The van der Waals surface area contributed by atoms with Crippen LogP contribution in [0.5, 0.6) is 5.75 Å². The van der Waals surface area contributed by atoms with Crippen LogP contribution in [0.2, 0.25) is 0 Å². The summed E-state index contributed by atoms with van der Waals surface area (Å²) in [5, 5.41) is 0. The Balaban J connectivity index is 1.37. The van der Waals surface area contributed by atoms with Crippen molar-refractivity contribution in [1.82, 2.24) is 9.55 Å². The maximum absolute atomic E-state index is 5.96. The molecule has 0 unspecified atom stereocenters. The highest BCUT2D eigenvalue weighted by molar-refractivity contribution is 7.98. The lowest BCUT2D eigenvalue weighted by Crippen LogP contribution is -2.05. The van der Waals surface area contributed by atoms with E-state index in [1.54, 1.807) is 0 Å². The number of aryl methyl sites for hydroxylation is 3. The number of unbranched alkanes of at least 4 members (excludes halogenated alkanes) is 1. The van der Waals surface area contributed by atoms with Crippen molar-refractivity contribution in [3.8, 4) is 5.75 Å². The van der Waals surface area contributed by atoms with Gasteiger partial charge in [-0.05, 0) is 74.2 Å². The van der Waals surface area contributed by atoms with Crippen molar-refractivity contribution in [3.63, 3.8) is 0 Å². The molecule has 1 heterocycles. The molecule has 0 radical (unpaired) electrons. The molecular formula is C26H28N2OS.